The Kier molecular flexibility index (Phi) is 10.9. The van der Waals surface area contributed by atoms with E-state index in [0.29, 0.717) is 36.6 Å². The molecular weight excluding hydrogens is 511 g/mol. The van der Waals surface area contributed by atoms with E-state index in [4.69, 9.17) is 16.3 Å². The van der Waals surface area contributed by atoms with Crippen LogP contribution in [0.5, 0.6) is 0 Å². The van der Waals surface area contributed by atoms with Crippen LogP contribution in [0.2, 0.25) is 5.02 Å². The minimum atomic E-state index is -0.875. The summed E-state index contributed by atoms with van der Waals surface area (Å²) >= 11 is 6.17. The Bertz CT molecular complexity index is 1100. The summed E-state index contributed by atoms with van der Waals surface area (Å²) in [5, 5.41) is 6.04. The third-order valence-electron chi connectivity index (χ3n) is 6.86. The Hall–Kier alpha value is -3.17. The van der Waals surface area contributed by atoms with Crippen molar-refractivity contribution in [3.8, 4) is 0 Å². The minimum Gasteiger partial charge on any atom is -0.453 e. The Morgan fingerprint density at radius 1 is 1.11 bits per heavy atom. The second kappa shape index (κ2) is 14.1. The SMILES string of the molecule is CCCC1CN(C(Cc2cccc(Cl)c2)C(=O)NC)CCN1C(=O)C(Cc1ccc(F)cc1)NC(=O)OC. The first-order chi connectivity index (χ1) is 18.2. The lowest BCUT2D eigenvalue weighted by molar-refractivity contribution is -0.140. The minimum absolute atomic E-state index is 0.0958. The number of likely N-dealkylation sites (N-methyl/N-ethyl adjacent to an activating group) is 1. The van der Waals surface area contributed by atoms with Gasteiger partial charge >= 0.3 is 6.09 Å². The molecule has 8 nitrogen and oxygen atoms in total. The average Bonchev–Trinajstić information content (AvgIpc) is 2.92. The normalized spacial score (nSPS) is 17.4. The molecule has 1 saturated heterocycles. The van der Waals surface area contributed by atoms with Gasteiger partial charge in [-0.05, 0) is 48.2 Å². The summed E-state index contributed by atoms with van der Waals surface area (Å²) in [6.07, 6.45) is 1.56. The number of hydrogen-bond donors (Lipinski definition) is 2. The number of rotatable bonds is 10. The van der Waals surface area contributed by atoms with E-state index in [1.807, 2.05) is 25.1 Å². The number of carbonyl (C=O) groups is 3. The molecular formula is C28H36ClFN4O4. The summed E-state index contributed by atoms with van der Waals surface area (Å²) in [4.78, 5) is 42.7. The third kappa shape index (κ3) is 7.91. The van der Waals surface area contributed by atoms with Gasteiger partial charge in [-0.15, -0.1) is 0 Å². The molecule has 3 rings (SSSR count). The molecule has 1 aliphatic rings. The van der Waals surface area contributed by atoms with Gasteiger partial charge in [0.05, 0.1) is 13.2 Å². The van der Waals surface area contributed by atoms with Crippen LogP contribution in [0.25, 0.3) is 0 Å². The number of amides is 3. The fraction of sp³-hybridized carbons (Fsp3) is 0.464. The van der Waals surface area contributed by atoms with Gasteiger partial charge in [-0.2, -0.15) is 0 Å². The molecule has 3 atom stereocenters. The van der Waals surface area contributed by atoms with Crippen LogP contribution in [0.3, 0.4) is 0 Å². The van der Waals surface area contributed by atoms with Gasteiger partial charge in [0.1, 0.15) is 11.9 Å². The van der Waals surface area contributed by atoms with Crippen LogP contribution in [0, 0.1) is 5.82 Å². The van der Waals surface area contributed by atoms with E-state index < -0.39 is 18.2 Å². The number of piperazine rings is 1. The maximum atomic E-state index is 13.8. The van der Waals surface area contributed by atoms with Crippen molar-refractivity contribution in [1.29, 1.82) is 0 Å². The average molecular weight is 547 g/mol. The smallest absolute Gasteiger partial charge is 0.407 e. The molecule has 3 amide bonds. The molecule has 10 heteroatoms. The maximum Gasteiger partial charge on any atom is 0.407 e. The highest BCUT2D eigenvalue weighted by Crippen LogP contribution is 2.22. The second-order valence-corrected chi connectivity index (χ2v) is 9.89. The van der Waals surface area contributed by atoms with Gasteiger partial charge in [-0.25, -0.2) is 9.18 Å². The van der Waals surface area contributed by atoms with Gasteiger partial charge in [0.2, 0.25) is 11.8 Å². The molecule has 206 valence electrons. The lowest BCUT2D eigenvalue weighted by Gasteiger charge is -2.45. The highest BCUT2D eigenvalue weighted by atomic mass is 35.5. The first-order valence-corrected chi connectivity index (χ1v) is 13.2. The molecule has 2 aromatic carbocycles. The Balaban J connectivity index is 1.80. The van der Waals surface area contributed by atoms with Crippen molar-refractivity contribution >= 4 is 29.5 Å². The van der Waals surface area contributed by atoms with Crippen molar-refractivity contribution in [2.75, 3.05) is 33.8 Å². The zero-order valence-corrected chi connectivity index (χ0v) is 22.8. The number of carbonyl (C=O) groups excluding carboxylic acids is 3. The monoisotopic (exact) mass is 546 g/mol. The number of hydrogen-bond acceptors (Lipinski definition) is 5. The molecule has 1 aliphatic heterocycles. The van der Waals surface area contributed by atoms with Crippen LogP contribution in [0.1, 0.15) is 30.9 Å². The summed E-state index contributed by atoms with van der Waals surface area (Å²) in [6, 6.07) is 11.9. The molecule has 2 N–H and O–H groups in total. The molecule has 0 saturated carbocycles. The summed E-state index contributed by atoms with van der Waals surface area (Å²) in [5.74, 6) is -0.703. The van der Waals surface area contributed by atoms with E-state index in [9.17, 15) is 18.8 Å². The highest BCUT2D eigenvalue weighted by molar-refractivity contribution is 6.30. The van der Waals surface area contributed by atoms with Crippen LogP contribution in [-0.4, -0.2) is 79.6 Å². The largest absolute Gasteiger partial charge is 0.453 e. The van der Waals surface area contributed by atoms with E-state index in [1.54, 1.807) is 30.1 Å². The third-order valence-corrected chi connectivity index (χ3v) is 7.09. The molecule has 0 spiro atoms. The zero-order valence-electron chi connectivity index (χ0n) is 22.1. The van der Waals surface area contributed by atoms with Crippen molar-refractivity contribution in [2.45, 2.75) is 50.7 Å². The summed E-state index contributed by atoms with van der Waals surface area (Å²) in [5.41, 5.74) is 1.67. The van der Waals surface area contributed by atoms with E-state index >= 15 is 0 Å². The lowest BCUT2D eigenvalue weighted by atomic mass is 9.98. The van der Waals surface area contributed by atoms with Gasteiger partial charge in [0.15, 0.2) is 0 Å². The van der Waals surface area contributed by atoms with Gasteiger partial charge in [0.25, 0.3) is 0 Å². The molecule has 0 bridgehead atoms. The van der Waals surface area contributed by atoms with Gasteiger partial charge in [-0.1, -0.05) is 49.2 Å². The van der Waals surface area contributed by atoms with Crippen LogP contribution < -0.4 is 10.6 Å². The maximum absolute atomic E-state index is 13.8. The molecule has 2 aromatic rings. The Labute approximate surface area is 228 Å². The van der Waals surface area contributed by atoms with Gasteiger partial charge in [0, 0.05) is 44.2 Å². The zero-order chi connectivity index (χ0) is 27.7. The molecule has 1 fully saturated rings. The second-order valence-electron chi connectivity index (χ2n) is 9.45. The number of benzene rings is 2. The van der Waals surface area contributed by atoms with Crippen molar-refractivity contribution in [2.24, 2.45) is 0 Å². The number of ether oxygens (including phenoxy) is 1. The number of nitrogens with one attached hydrogen (secondary N) is 2. The Morgan fingerprint density at radius 3 is 2.47 bits per heavy atom. The fourth-order valence-corrected chi connectivity index (χ4v) is 5.14. The predicted molar refractivity (Wildman–Crippen MR) is 144 cm³/mol. The quantitative estimate of drug-likeness (QED) is 0.476. The summed E-state index contributed by atoms with van der Waals surface area (Å²) in [7, 11) is 2.86. The molecule has 0 aliphatic carbocycles. The van der Waals surface area contributed by atoms with Crippen LogP contribution in [0.4, 0.5) is 9.18 Å². The van der Waals surface area contributed by atoms with Gasteiger partial charge < -0.3 is 20.3 Å². The van der Waals surface area contributed by atoms with Crippen molar-refractivity contribution in [3.05, 3.63) is 70.5 Å². The van der Waals surface area contributed by atoms with E-state index in [2.05, 4.69) is 15.5 Å². The van der Waals surface area contributed by atoms with E-state index in [1.165, 1.54) is 19.2 Å². The number of halogens is 2. The lowest BCUT2D eigenvalue weighted by Crippen LogP contribution is -2.63. The van der Waals surface area contributed by atoms with Crippen molar-refractivity contribution in [3.63, 3.8) is 0 Å². The number of alkyl carbamates (subject to hydrolysis) is 1. The predicted octanol–water partition coefficient (Wildman–Crippen LogP) is 3.42. The van der Waals surface area contributed by atoms with E-state index in [-0.39, 0.29) is 30.1 Å². The summed E-state index contributed by atoms with van der Waals surface area (Å²) in [6.45, 7) is 3.45. The van der Waals surface area contributed by atoms with Crippen molar-refractivity contribution in [1.82, 2.24) is 20.4 Å². The molecule has 0 radical (unpaired) electrons. The number of methoxy groups -OCH3 is 1. The van der Waals surface area contributed by atoms with Crippen LogP contribution in [-0.2, 0) is 27.2 Å². The first-order valence-electron chi connectivity index (χ1n) is 12.8. The van der Waals surface area contributed by atoms with Crippen LogP contribution in [0.15, 0.2) is 48.5 Å². The molecule has 3 unspecified atom stereocenters. The summed E-state index contributed by atoms with van der Waals surface area (Å²) < 4.78 is 18.2. The van der Waals surface area contributed by atoms with E-state index in [0.717, 1.165) is 18.4 Å². The topological polar surface area (TPSA) is 91.0 Å². The van der Waals surface area contributed by atoms with Gasteiger partial charge in [-0.3, -0.25) is 14.5 Å². The standard InChI is InChI=1S/C28H36ClFN4O4/c1-4-6-23-18-33(25(26(35)31-2)17-20-7-5-8-21(29)15-20)13-14-34(23)27(36)24(32-28(37)38-3)16-19-9-11-22(30)12-10-19/h5,7-12,15,23-25H,4,6,13-14,16-18H2,1-3H3,(H,31,35)(H,32,37). The Morgan fingerprint density at radius 2 is 1.84 bits per heavy atom. The van der Waals surface area contributed by atoms with Crippen LogP contribution >= 0.6 is 11.6 Å². The molecule has 38 heavy (non-hydrogen) atoms. The first kappa shape index (κ1) is 29.4. The highest BCUT2D eigenvalue weighted by Gasteiger charge is 2.38. The molecule has 1 heterocycles. The van der Waals surface area contributed by atoms with Crippen molar-refractivity contribution < 1.29 is 23.5 Å². The molecule has 0 aromatic heterocycles. The fourth-order valence-electron chi connectivity index (χ4n) is 4.93. The number of nitrogens with zero attached hydrogens (tertiary/aromatic N) is 2.